The molecule has 0 aliphatic carbocycles. The van der Waals surface area contributed by atoms with Crippen molar-refractivity contribution in [1.29, 1.82) is 0 Å². The van der Waals surface area contributed by atoms with Crippen LogP contribution in [0.3, 0.4) is 0 Å². The van der Waals surface area contributed by atoms with E-state index >= 15 is 0 Å². The number of nitrogens with one attached hydrogen (secondary N) is 2. The minimum absolute atomic E-state index is 0.0668. The summed E-state index contributed by atoms with van der Waals surface area (Å²) in [5.74, 6) is 0.936. The molecule has 0 bridgehead atoms. The molecule has 8 heteroatoms. The van der Waals surface area contributed by atoms with E-state index in [2.05, 4.69) is 25.5 Å². The quantitative estimate of drug-likeness (QED) is 0.742. The molecule has 0 spiro atoms. The largest absolute Gasteiger partial charge is 0.332 e. The smallest absolute Gasteiger partial charge is 0.276 e. The van der Waals surface area contributed by atoms with E-state index in [-0.39, 0.29) is 11.6 Å². The van der Waals surface area contributed by atoms with Gasteiger partial charge in [-0.05, 0) is 26.1 Å². The number of likely N-dealkylation sites (N-methyl/N-ethyl adjacent to an activating group) is 1. The predicted octanol–water partition coefficient (Wildman–Crippen LogP) is 1.10. The first-order chi connectivity index (χ1) is 12.1. The van der Waals surface area contributed by atoms with Crippen molar-refractivity contribution in [2.45, 2.75) is 13.0 Å². The van der Waals surface area contributed by atoms with Gasteiger partial charge in [0.1, 0.15) is 5.69 Å². The molecular weight excluding hydrogens is 320 g/mol. The lowest BCUT2D eigenvalue weighted by Gasteiger charge is -2.30. The Labute approximate surface area is 144 Å². The summed E-state index contributed by atoms with van der Waals surface area (Å²) in [6.07, 6.45) is 0. The van der Waals surface area contributed by atoms with E-state index in [9.17, 15) is 4.79 Å². The van der Waals surface area contributed by atoms with Crippen molar-refractivity contribution in [1.82, 2.24) is 30.1 Å². The van der Waals surface area contributed by atoms with Crippen LogP contribution in [0.15, 0.2) is 39.6 Å². The molecule has 1 aliphatic heterocycles. The second kappa shape index (κ2) is 6.30. The molecule has 3 aromatic rings. The zero-order chi connectivity index (χ0) is 17.4. The van der Waals surface area contributed by atoms with E-state index in [1.807, 2.05) is 38.2 Å². The molecule has 130 valence electrons. The first-order valence-electron chi connectivity index (χ1n) is 8.26. The zero-order valence-corrected chi connectivity index (χ0v) is 14.2. The number of aryl methyl sites for hydroxylation is 1. The van der Waals surface area contributed by atoms with E-state index in [4.69, 9.17) is 4.52 Å². The predicted molar refractivity (Wildman–Crippen MR) is 92.7 cm³/mol. The summed E-state index contributed by atoms with van der Waals surface area (Å²) in [5, 5.41) is 10.5. The number of nitrogens with zero attached hydrogens (tertiary/aromatic N) is 4. The molecule has 1 unspecified atom stereocenters. The molecule has 2 aromatic heterocycles. The number of hydrogen-bond acceptors (Lipinski definition) is 6. The molecule has 0 radical (unpaired) electrons. The topological polar surface area (TPSA) is 92.0 Å². The maximum absolute atomic E-state index is 12.3. The lowest BCUT2D eigenvalue weighted by molar-refractivity contribution is 0.190. The number of benzene rings is 1. The fourth-order valence-electron chi connectivity index (χ4n) is 2.96. The third kappa shape index (κ3) is 3.01. The highest BCUT2D eigenvalue weighted by Gasteiger charge is 2.26. The van der Waals surface area contributed by atoms with Gasteiger partial charge in [0, 0.05) is 25.7 Å². The highest BCUT2D eigenvalue weighted by molar-refractivity contribution is 5.47. The number of aromatic nitrogens is 4. The normalized spacial score (nSPS) is 18.6. The second-order valence-corrected chi connectivity index (χ2v) is 6.34. The monoisotopic (exact) mass is 340 g/mol. The maximum Gasteiger partial charge on any atom is 0.276 e. The molecule has 4 rings (SSSR count). The van der Waals surface area contributed by atoms with Crippen molar-refractivity contribution in [3.63, 3.8) is 0 Å². The van der Waals surface area contributed by atoms with Crippen molar-refractivity contribution in [3.05, 3.63) is 52.1 Å². The molecule has 1 fully saturated rings. The average molecular weight is 340 g/mol. The first-order valence-corrected chi connectivity index (χ1v) is 8.26. The standard InChI is InChI=1S/C17H20N6O2/c1-11-3-5-12(6-4-11)23-15(24)9-13(20-23)17-19-16(21-25-17)14-10-18-7-8-22(14)2/h3-6,9,14,18,20H,7-8,10H2,1-2H3. The van der Waals surface area contributed by atoms with Crippen LogP contribution in [-0.2, 0) is 0 Å². The van der Waals surface area contributed by atoms with Crippen LogP contribution in [0.25, 0.3) is 17.3 Å². The van der Waals surface area contributed by atoms with Crippen LogP contribution < -0.4 is 10.9 Å². The summed E-state index contributed by atoms with van der Waals surface area (Å²) < 4.78 is 6.84. The van der Waals surface area contributed by atoms with Crippen molar-refractivity contribution in [2.24, 2.45) is 0 Å². The Balaban J connectivity index is 1.64. The van der Waals surface area contributed by atoms with Crippen LogP contribution in [0, 0.1) is 6.92 Å². The molecule has 3 heterocycles. The number of aromatic amines is 1. The number of H-pyrrole nitrogens is 1. The van der Waals surface area contributed by atoms with Gasteiger partial charge in [-0.15, -0.1) is 0 Å². The van der Waals surface area contributed by atoms with Crippen molar-refractivity contribution < 1.29 is 4.52 Å². The molecule has 8 nitrogen and oxygen atoms in total. The second-order valence-electron chi connectivity index (χ2n) is 6.34. The van der Waals surface area contributed by atoms with Crippen molar-refractivity contribution in [3.8, 4) is 17.3 Å². The lowest BCUT2D eigenvalue weighted by Crippen LogP contribution is -2.44. The van der Waals surface area contributed by atoms with E-state index in [0.29, 0.717) is 17.4 Å². The lowest BCUT2D eigenvalue weighted by atomic mass is 10.2. The van der Waals surface area contributed by atoms with Gasteiger partial charge in [-0.3, -0.25) is 14.8 Å². The van der Waals surface area contributed by atoms with Gasteiger partial charge < -0.3 is 9.84 Å². The van der Waals surface area contributed by atoms with Gasteiger partial charge in [-0.1, -0.05) is 22.9 Å². The van der Waals surface area contributed by atoms with E-state index in [0.717, 1.165) is 30.9 Å². The van der Waals surface area contributed by atoms with Gasteiger partial charge in [-0.25, -0.2) is 4.68 Å². The average Bonchev–Trinajstić information content (AvgIpc) is 3.23. The Morgan fingerprint density at radius 2 is 2.08 bits per heavy atom. The SMILES string of the molecule is Cc1ccc(-n2[nH]c(-c3nc(C4CNCCN4C)no3)cc2=O)cc1. The molecule has 0 saturated carbocycles. The Kier molecular flexibility index (Phi) is 3.98. The van der Waals surface area contributed by atoms with Gasteiger partial charge in [0.15, 0.2) is 5.82 Å². The summed E-state index contributed by atoms with van der Waals surface area (Å²) in [6, 6.07) is 9.23. The van der Waals surface area contributed by atoms with Crippen molar-refractivity contribution in [2.75, 3.05) is 26.7 Å². The Bertz CT molecular complexity index is 923. The zero-order valence-electron chi connectivity index (χ0n) is 14.2. The van der Waals surface area contributed by atoms with Gasteiger partial charge in [0.05, 0.1) is 11.7 Å². The Hall–Kier alpha value is -2.71. The summed E-state index contributed by atoms with van der Waals surface area (Å²) in [5.41, 5.74) is 2.24. The van der Waals surface area contributed by atoms with Crippen molar-refractivity contribution >= 4 is 0 Å². The van der Waals surface area contributed by atoms with Gasteiger partial charge in [-0.2, -0.15) is 4.98 Å². The van der Waals surface area contributed by atoms with Crippen LogP contribution in [-0.4, -0.2) is 51.5 Å². The van der Waals surface area contributed by atoms with E-state index in [1.165, 1.54) is 10.7 Å². The molecule has 0 amide bonds. The molecular formula is C17H20N6O2. The molecule has 1 aromatic carbocycles. The minimum Gasteiger partial charge on any atom is -0.332 e. The van der Waals surface area contributed by atoms with Crippen LogP contribution in [0.4, 0.5) is 0 Å². The van der Waals surface area contributed by atoms with Gasteiger partial charge in [0.25, 0.3) is 11.4 Å². The first kappa shape index (κ1) is 15.8. The fourth-order valence-corrected chi connectivity index (χ4v) is 2.96. The van der Waals surface area contributed by atoms with Crippen LogP contribution in [0.1, 0.15) is 17.4 Å². The van der Waals surface area contributed by atoms with Gasteiger partial charge >= 0.3 is 0 Å². The fraction of sp³-hybridized carbons (Fsp3) is 0.353. The maximum atomic E-state index is 12.3. The molecule has 1 atom stereocenters. The summed E-state index contributed by atoms with van der Waals surface area (Å²) in [6.45, 7) is 4.65. The molecule has 25 heavy (non-hydrogen) atoms. The third-order valence-electron chi connectivity index (χ3n) is 4.49. The van der Waals surface area contributed by atoms with Crippen LogP contribution >= 0.6 is 0 Å². The third-order valence-corrected chi connectivity index (χ3v) is 4.49. The summed E-state index contributed by atoms with van der Waals surface area (Å²) in [4.78, 5) is 18.9. The highest BCUT2D eigenvalue weighted by atomic mass is 16.5. The number of piperazine rings is 1. The molecule has 2 N–H and O–H groups in total. The van der Waals surface area contributed by atoms with Crippen LogP contribution in [0.5, 0.6) is 0 Å². The number of hydrogen-bond donors (Lipinski definition) is 2. The summed E-state index contributed by atoms with van der Waals surface area (Å²) in [7, 11) is 2.04. The highest BCUT2D eigenvalue weighted by Crippen LogP contribution is 2.21. The van der Waals surface area contributed by atoms with Gasteiger partial charge in [0.2, 0.25) is 0 Å². The van der Waals surface area contributed by atoms with E-state index < -0.39 is 0 Å². The van der Waals surface area contributed by atoms with Crippen LogP contribution in [0.2, 0.25) is 0 Å². The van der Waals surface area contributed by atoms with E-state index in [1.54, 1.807) is 0 Å². The minimum atomic E-state index is -0.171. The molecule has 1 aliphatic rings. The summed E-state index contributed by atoms with van der Waals surface area (Å²) >= 11 is 0. The Morgan fingerprint density at radius 3 is 2.84 bits per heavy atom. The molecule has 1 saturated heterocycles. The number of rotatable bonds is 3. The Morgan fingerprint density at radius 1 is 1.28 bits per heavy atom.